The minimum atomic E-state index is -0.578. The van der Waals surface area contributed by atoms with Crippen LogP contribution in [0.1, 0.15) is 95.5 Å². The van der Waals surface area contributed by atoms with Crippen molar-refractivity contribution in [1.29, 1.82) is 0 Å². The van der Waals surface area contributed by atoms with E-state index in [2.05, 4.69) is 30.1 Å². The monoisotopic (exact) mass is 640 g/mol. The maximum atomic E-state index is 14.4. The molecule has 8 heteroatoms. The van der Waals surface area contributed by atoms with Gasteiger partial charge in [-0.15, -0.1) is 0 Å². The fourth-order valence-electron chi connectivity index (χ4n) is 6.79. The van der Waals surface area contributed by atoms with Crippen molar-refractivity contribution in [2.24, 2.45) is 11.8 Å². The highest BCUT2D eigenvalue weighted by molar-refractivity contribution is 5.37. The van der Waals surface area contributed by atoms with Crippen LogP contribution in [0.4, 0.5) is 4.39 Å². The summed E-state index contributed by atoms with van der Waals surface area (Å²) in [5, 5.41) is 9.18. The van der Waals surface area contributed by atoms with Crippen LogP contribution in [0, 0.1) is 29.5 Å². The summed E-state index contributed by atoms with van der Waals surface area (Å²) in [5.74, 6) is 6.01. The van der Waals surface area contributed by atoms with Crippen LogP contribution in [0.5, 0.6) is 0 Å². The number of rotatable bonds is 14. The SMILES string of the molecule is OCCCC/C=C\C[C@@H]1[C@@H](/C=C/C(C#Cc2ccccc2F)OC2CCCCO2)[C@H](OC2CCCCO2)C[C@@H]1OC1CCCCO1. The van der Waals surface area contributed by atoms with Crippen molar-refractivity contribution in [1.82, 2.24) is 0 Å². The van der Waals surface area contributed by atoms with Gasteiger partial charge in [0.1, 0.15) is 11.9 Å². The van der Waals surface area contributed by atoms with E-state index >= 15 is 0 Å². The van der Waals surface area contributed by atoms with E-state index in [1.54, 1.807) is 18.2 Å². The quantitative estimate of drug-likeness (QED) is 0.131. The zero-order valence-corrected chi connectivity index (χ0v) is 27.2. The molecule has 5 rings (SSSR count). The third-order valence-electron chi connectivity index (χ3n) is 9.32. The van der Waals surface area contributed by atoms with E-state index < -0.39 is 6.10 Å². The van der Waals surface area contributed by atoms with Gasteiger partial charge in [0.15, 0.2) is 18.9 Å². The number of unbranched alkanes of at least 4 members (excludes halogenated alkanes) is 2. The first-order chi connectivity index (χ1) is 22.7. The van der Waals surface area contributed by atoms with Gasteiger partial charge in [-0.25, -0.2) is 4.39 Å². The maximum Gasteiger partial charge on any atom is 0.159 e. The van der Waals surface area contributed by atoms with Gasteiger partial charge in [-0.1, -0.05) is 42.2 Å². The first-order valence-electron chi connectivity index (χ1n) is 17.7. The Morgan fingerprint density at radius 1 is 0.848 bits per heavy atom. The van der Waals surface area contributed by atoms with E-state index in [9.17, 15) is 9.50 Å². The molecule has 1 aromatic carbocycles. The van der Waals surface area contributed by atoms with Gasteiger partial charge in [0.25, 0.3) is 0 Å². The highest BCUT2D eigenvalue weighted by atomic mass is 19.1. The van der Waals surface area contributed by atoms with Crippen molar-refractivity contribution in [2.45, 2.75) is 127 Å². The molecule has 4 fully saturated rings. The van der Waals surface area contributed by atoms with E-state index in [1.807, 2.05) is 6.08 Å². The lowest BCUT2D eigenvalue weighted by Crippen LogP contribution is -2.31. The summed E-state index contributed by atoms with van der Waals surface area (Å²) in [6.45, 7) is 2.33. The molecule has 4 aliphatic rings. The molecule has 254 valence electrons. The number of hydrogen-bond donors (Lipinski definition) is 1. The minimum absolute atomic E-state index is 0.0230. The topological polar surface area (TPSA) is 75.6 Å². The van der Waals surface area contributed by atoms with Gasteiger partial charge in [-0.3, -0.25) is 0 Å². The Morgan fingerprint density at radius 3 is 2.17 bits per heavy atom. The normalized spacial score (nSPS) is 31.2. The summed E-state index contributed by atoms with van der Waals surface area (Å²) in [6, 6.07) is 6.56. The summed E-state index contributed by atoms with van der Waals surface area (Å²) in [6.07, 6.45) is 20.4. The van der Waals surface area contributed by atoms with Crippen LogP contribution in [0.3, 0.4) is 0 Å². The molecule has 0 amide bonds. The van der Waals surface area contributed by atoms with Gasteiger partial charge in [-0.05, 0) is 108 Å². The fraction of sp³-hybridized carbons (Fsp3) is 0.684. The summed E-state index contributed by atoms with van der Waals surface area (Å²) in [4.78, 5) is 0. The molecule has 3 aliphatic heterocycles. The van der Waals surface area contributed by atoms with Crippen LogP contribution in [-0.2, 0) is 28.4 Å². The van der Waals surface area contributed by atoms with Crippen LogP contribution >= 0.6 is 0 Å². The van der Waals surface area contributed by atoms with Gasteiger partial charge in [-0.2, -0.15) is 0 Å². The van der Waals surface area contributed by atoms with Crippen molar-refractivity contribution in [3.8, 4) is 11.8 Å². The van der Waals surface area contributed by atoms with E-state index in [4.69, 9.17) is 28.4 Å². The van der Waals surface area contributed by atoms with E-state index in [0.29, 0.717) is 12.2 Å². The Balaban J connectivity index is 1.39. The molecule has 1 aromatic rings. The molecule has 0 spiro atoms. The van der Waals surface area contributed by atoms with Gasteiger partial charge in [0.2, 0.25) is 0 Å². The Bertz CT molecular complexity index is 1130. The van der Waals surface area contributed by atoms with Gasteiger partial charge < -0.3 is 33.5 Å². The number of allylic oxidation sites excluding steroid dienone is 2. The minimum Gasteiger partial charge on any atom is -0.396 e. The second kappa shape index (κ2) is 19.7. The van der Waals surface area contributed by atoms with Crippen LogP contribution in [-0.4, -0.2) is 68.7 Å². The van der Waals surface area contributed by atoms with Crippen molar-refractivity contribution < 1.29 is 37.9 Å². The molecule has 4 unspecified atom stereocenters. The molecule has 46 heavy (non-hydrogen) atoms. The number of hydrogen-bond acceptors (Lipinski definition) is 7. The highest BCUT2D eigenvalue weighted by Gasteiger charge is 2.45. The van der Waals surface area contributed by atoms with Crippen LogP contribution in [0.15, 0.2) is 48.6 Å². The Hall–Kier alpha value is -2.09. The lowest BCUT2D eigenvalue weighted by molar-refractivity contribution is -0.203. The molecule has 8 atom stereocenters. The first-order valence-corrected chi connectivity index (χ1v) is 17.7. The maximum absolute atomic E-state index is 14.4. The van der Waals surface area contributed by atoms with Gasteiger partial charge in [0.05, 0.1) is 17.8 Å². The molecule has 1 N–H and O–H groups in total. The lowest BCUT2D eigenvalue weighted by atomic mass is 9.89. The number of benzene rings is 1. The Labute approximate surface area is 274 Å². The largest absolute Gasteiger partial charge is 0.396 e. The lowest BCUT2D eigenvalue weighted by Gasteiger charge is -2.30. The van der Waals surface area contributed by atoms with Crippen molar-refractivity contribution in [3.05, 3.63) is 60.0 Å². The molecule has 0 bridgehead atoms. The standard InChI is InChI=1S/C38H53FO7/c39-33-16-6-5-14-29(33)20-21-30(44-36-17-7-11-25-41-36)22-23-32-31(15-4-2-1-3-10-24-40)34(45-37-18-8-12-26-42-37)28-35(32)46-38-19-9-13-27-43-38/h2,4-6,14,16,22-23,30-32,34-38,40H,1,3,7-13,15,17-19,24-28H2/b4-2-,23-22+/t30?,31-,32-,34+,35-,36?,37?,38?/m1/s1. The van der Waals surface area contributed by atoms with Gasteiger partial charge >= 0.3 is 0 Å². The second-order valence-corrected chi connectivity index (χ2v) is 12.8. The summed E-state index contributed by atoms with van der Waals surface area (Å²) in [7, 11) is 0. The Kier molecular flexibility index (Phi) is 15.1. The first kappa shape index (κ1) is 35.2. The molecule has 0 radical (unpaired) electrons. The third kappa shape index (κ3) is 11.3. The van der Waals surface area contributed by atoms with Crippen molar-refractivity contribution in [3.63, 3.8) is 0 Å². The highest BCUT2D eigenvalue weighted by Crippen LogP contribution is 2.42. The summed E-state index contributed by atoms with van der Waals surface area (Å²) >= 11 is 0. The molecular weight excluding hydrogens is 587 g/mol. The van der Waals surface area contributed by atoms with Crippen LogP contribution in [0.25, 0.3) is 0 Å². The summed E-state index contributed by atoms with van der Waals surface area (Å²) in [5.41, 5.74) is 0.343. The van der Waals surface area contributed by atoms with E-state index in [1.165, 1.54) is 6.07 Å². The molecule has 0 aromatic heterocycles. The second-order valence-electron chi connectivity index (χ2n) is 12.8. The number of aliphatic hydroxyl groups is 1. The van der Waals surface area contributed by atoms with Gasteiger partial charge in [0, 0.05) is 38.8 Å². The predicted octanol–water partition coefficient (Wildman–Crippen LogP) is 7.21. The predicted molar refractivity (Wildman–Crippen MR) is 174 cm³/mol. The van der Waals surface area contributed by atoms with Crippen molar-refractivity contribution in [2.75, 3.05) is 26.4 Å². The van der Waals surface area contributed by atoms with E-state index in [0.717, 1.165) is 103 Å². The average molecular weight is 641 g/mol. The van der Waals surface area contributed by atoms with Crippen molar-refractivity contribution >= 4 is 0 Å². The van der Waals surface area contributed by atoms with E-state index in [-0.39, 0.29) is 55.3 Å². The zero-order chi connectivity index (χ0) is 31.8. The number of ether oxygens (including phenoxy) is 6. The molecule has 3 saturated heterocycles. The Morgan fingerprint density at radius 2 is 1.52 bits per heavy atom. The van der Waals surface area contributed by atoms with Crippen LogP contribution < -0.4 is 0 Å². The molecule has 1 aliphatic carbocycles. The smallest absolute Gasteiger partial charge is 0.159 e. The molecular formula is C38H53FO7. The third-order valence-corrected chi connectivity index (χ3v) is 9.32. The average Bonchev–Trinajstić information content (AvgIpc) is 3.40. The van der Waals surface area contributed by atoms with Crippen LogP contribution in [0.2, 0.25) is 0 Å². The zero-order valence-electron chi connectivity index (χ0n) is 27.2. The molecule has 1 saturated carbocycles. The molecule has 3 heterocycles. The summed E-state index contributed by atoms with van der Waals surface area (Å²) < 4.78 is 52.1. The molecule has 7 nitrogen and oxygen atoms in total. The number of aliphatic hydroxyl groups excluding tert-OH is 1. The number of halogens is 1. The fourth-order valence-corrected chi connectivity index (χ4v) is 6.79.